The van der Waals surface area contributed by atoms with Crippen LogP contribution in [-0.2, 0) is 17.5 Å². The molecule has 0 aliphatic rings. The van der Waals surface area contributed by atoms with E-state index in [4.69, 9.17) is 4.42 Å². The number of carbonyl (C=O) groups excluding carboxylic acids is 3. The van der Waals surface area contributed by atoms with Crippen LogP contribution in [0.1, 0.15) is 11.3 Å². The van der Waals surface area contributed by atoms with Crippen LogP contribution in [0.15, 0.2) is 47.1 Å². The van der Waals surface area contributed by atoms with E-state index in [-0.39, 0.29) is 6.54 Å². The van der Waals surface area contributed by atoms with Gasteiger partial charge in [0.05, 0.1) is 24.1 Å². The number of alkyl halides is 3. The molecule has 2 aromatic rings. The maximum Gasteiger partial charge on any atom is 0.418 e. The average Bonchev–Trinajstić information content (AvgIpc) is 3.16. The third-order valence-corrected chi connectivity index (χ3v) is 3.21. The van der Waals surface area contributed by atoms with Crippen LogP contribution in [0.4, 0.5) is 28.4 Å². The molecule has 0 bridgehead atoms. The number of rotatable bonds is 5. The standard InChI is InChI=1S/C16H16F3N5O4/c17-16(18,19)11-5-1-2-6-12(11)22-15(27)24-23-13(25)9-21-14(26)20-8-10-4-3-7-28-10/h1-7H,8-9H2,(H,23,25)(H2,20,21,26)(H2,22,24,27). The van der Waals surface area contributed by atoms with Gasteiger partial charge in [-0.15, -0.1) is 0 Å². The molecule has 28 heavy (non-hydrogen) atoms. The summed E-state index contributed by atoms with van der Waals surface area (Å²) >= 11 is 0. The largest absolute Gasteiger partial charge is 0.467 e. The highest BCUT2D eigenvalue weighted by Gasteiger charge is 2.33. The van der Waals surface area contributed by atoms with Gasteiger partial charge in [0, 0.05) is 0 Å². The Morgan fingerprint density at radius 3 is 2.36 bits per heavy atom. The summed E-state index contributed by atoms with van der Waals surface area (Å²) in [5.41, 5.74) is 2.32. The molecule has 5 amide bonds. The summed E-state index contributed by atoms with van der Waals surface area (Å²) in [6.45, 7) is -0.372. The van der Waals surface area contributed by atoms with Gasteiger partial charge in [-0.3, -0.25) is 10.2 Å². The van der Waals surface area contributed by atoms with Gasteiger partial charge in [-0.1, -0.05) is 12.1 Å². The van der Waals surface area contributed by atoms with E-state index in [0.717, 1.165) is 12.1 Å². The third-order valence-electron chi connectivity index (χ3n) is 3.21. The van der Waals surface area contributed by atoms with Crippen molar-refractivity contribution >= 4 is 23.7 Å². The SMILES string of the molecule is O=C(CNC(=O)NCc1ccco1)NNC(=O)Nc1ccccc1C(F)(F)F. The molecule has 5 N–H and O–H groups in total. The van der Waals surface area contributed by atoms with Gasteiger partial charge in [0.2, 0.25) is 0 Å². The van der Waals surface area contributed by atoms with Crippen molar-refractivity contribution in [2.24, 2.45) is 0 Å². The van der Waals surface area contributed by atoms with Crippen molar-refractivity contribution in [1.82, 2.24) is 21.5 Å². The summed E-state index contributed by atoms with van der Waals surface area (Å²) in [6.07, 6.45) is -3.22. The number of amides is 5. The van der Waals surface area contributed by atoms with E-state index in [9.17, 15) is 27.6 Å². The molecule has 12 heteroatoms. The molecule has 0 saturated carbocycles. The molecule has 1 aromatic carbocycles. The normalized spacial score (nSPS) is 10.7. The quantitative estimate of drug-likeness (QED) is 0.493. The second kappa shape index (κ2) is 9.30. The fraction of sp³-hybridized carbons (Fsp3) is 0.188. The average molecular weight is 399 g/mol. The monoisotopic (exact) mass is 399 g/mol. The summed E-state index contributed by atoms with van der Waals surface area (Å²) in [7, 11) is 0. The molecule has 1 heterocycles. The second-order valence-corrected chi connectivity index (χ2v) is 5.29. The summed E-state index contributed by atoms with van der Waals surface area (Å²) in [5, 5.41) is 6.63. The van der Waals surface area contributed by atoms with Gasteiger partial charge < -0.3 is 20.4 Å². The summed E-state index contributed by atoms with van der Waals surface area (Å²) < 4.78 is 43.6. The second-order valence-electron chi connectivity index (χ2n) is 5.29. The maximum atomic E-state index is 12.8. The number of anilines is 1. The van der Waals surface area contributed by atoms with E-state index in [0.29, 0.717) is 5.76 Å². The van der Waals surface area contributed by atoms with Crippen molar-refractivity contribution in [2.75, 3.05) is 11.9 Å². The number of benzene rings is 1. The van der Waals surface area contributed by atoms with Gasteiger partial charge in [0.1, 0.15) is 12.3 Å². The number of nitrogens with one attached hydrogen (secondary N) is 5. The summed E-state index contributed by atoms with van der Waals surface area (Å²) in [5.74, 6) is -0.288. The van der Waals surface area contributed by atoms with E-state index in [1.165, 1.54) is 18.4 Å². The Morgan fingerprint density at radius 2 is 1.68 bits per heavy atom. The van der Waals surface area contributed by atoms with E-state index in [2.05, 4.69) is 10.6 Å². The zero-order valence-corrected chi connectivity index (χ0v) is 14.2. The molecule has 0 aliphatic heterocycles. The van der Waals surface area contributed by atoms with Crippen molar-refractivity contribution in [1.29, 1.82) is 0 Å². The molecular formula is C16H16F3N5O4. The zero-order chi connectivity index (χ0) is 20.6. The zero-order valence-electron chi connectivity index (χ0n) is 14.2. The first kappa shape index (κ1) is 20.6. The van der Waals surface area contributed by atoms with Crippen molar-refractivity contribution < 1.29 is 32.0 Å². The number of hydrogen-bond donors (Lipinski definition) is 5. The van der Waals surface area contributed by atoms with Crippen LogP contribution in [-0.4, -0.2) is 24.5 Å². The molecule has 0 radical (unpaired) electrons. The first-order valence-corrected chi connectivity index (χ1v) is 7.82. The topological polar surface area (TPSA) is 124 Å². The maximum absolute atomic E-state index is 12.8. The van der Waals surface area contributed by atoms with Crippen LogP contribution in [0.2, 0.25) is 0 Å². The summed E-state index contributed by atoms with van der Waals surface area (Å²) in [6, 6.07) is 5.90. The highest BCUT2D eigenvalue weighted by Crippen LogP contribution is 2.34. The van der Waals surface area contributed by atoms with Crippen LogP contribution in [0, 0.1) is 0 Å². The van der Waals surface area contributed by atoms with E-state index < -0.39 is 41.9 Å². The van der Waals surface area contributed by atoms with Gasteiger partial charge >= 0.3 is 18.2 Å². The Labute approximate surface area is 156 Å². The van der Waals surface area contributed by atoms with Crippen molar-refractivity contribution in [3.63, 3.8) is 0 Å². The molecule has 0 atom stereocenters. The number of furan rings is 1. The van der Waals surface area contributed by atoms with Crippen LogP contribution < -0.4 is 26.8 Å². The highest BCUT2D eigenvalue weighted by molar-refractivity contribution is 5.92. The minimum Gasteiger partial charge on any atom is -0.467 e. The van der Waals surface area contributed by atoms with Crippen LogP contribution in [0.25, 0.3) is 0 Å². The lowest BCUT2D eigenvalue weighted by Gasteiger charge is -2.14. The van der Waals surface area contributed by atoms with Gasteiger partial charge in [-0.05, 0) is 24.3 Å². The van der Waals surface area contributed by atoms with E-state index >= 15 is 0 Å². The lowest BCUT2D eigenvalue weighted by Crippen LogP contribution is -2.49. The fourth-order valence-electron chi connectivity index (χ4n) is 1.97. The predicted octanol–water partition coefficient (Wildman–Crippen LogP) is 1.95. The minimum atomic E-state index is -4.65. The number of carbonyl (C=O) groups is 3. The Morgan fingerprint density at radius 1 is 0.929 bits per heavy atom. The van der Waals surface area contributed by atoms with Crippen molar-refractivity contribution in [2.45, 2.75) is 12.7 Å². The first-order chi connectivity index (χ1) is 13.3. The van der Waals surface area contributed by atoms with Gasteiger partial charge in [0.25, 0.3) is 5.91 Å². The predicted molar refractivity (Wildman–Crippen MR) is 90.7 cm³/mol. The fourth-order valence-corrected chi connectivity index (χ4v) is 1.97. The van der Waals surface area contributed by atoms with Crippen molar-refractivity contribution in [3.05, 3.63) is 54.0 Å². The van der Waals surface area contributed by atoms with Crippen LogP contribution in [0.5, 0.6) is 0 Å². The Bertz CT molecular complexity index is 824. The first-order valence-electron chi connectivity index (χ1n) is 7.82. The lowest BCUT2D eigenvalue weighted by atomic mass is 10.1. The van der Waals surface area contributed by atoms with Crippen LogP contribution in [0.3, 0.4) is 0 Å². The molecule has 0 saturated heterocycles. The van der Waals surface area contributed by atoms with Crippen molar-refractivity contribution in [3.8, 4) is 0 Å². The Balaban J connectivity index is 1.71. The minimum absolute atomic E-state index is 0.111. The van der Waals surface area contributed by atoms with Gasteiger partial charge in [-0.2, -0.15) is 13.2 Å². The van der Waals surface area contributed by atoms with E-state index in [1.54, 1.807) is 12.1 Å². The third kappa shape index (κ3) is 6.55. The van der Waals surface area contributed by atoms with E-state index in [1.807, 2.05) is 16.2 Å². The molecule has 1 aromatic heterocycles. The van der Waals surface area contributed by atoms with Gasteiger partial charge in [0.15, 0.2) is 0 Å². The Hall–Kier alpha value is -3.70. The number of para-hydroxylation sites is 1. The molecule has 150 valence electrons. The molecule has 0 aliphatic carbocycles. The molecule has 2 rings (SSSR count). The number of urea groups is 2. The molecule has 0 unspecified atom stereocenters. The molecule has 0 spiro atoms. The Kier molecular flexibility index (Phi) is 6.84. The van der Waals surface area contributed by atoms with Crippen LogP contribution >= 0.6 is 0 Å². The summed E-state index contributed by atoms with van der Waals surface area (Å²) in [4.78, 5) is 34.7. The smallest absolute Gasteiger partial charge is 0.418 e. The molecule has 0 fully saturated rings. The molecular weight excluding hydrogens is 383 g/mol. The lowest BCUT2D eigenvalue weighted by molar-refractivity contribution is -0.137. The number of hydrogen-bond acceptors (Lipinski definition) is 4. The highest BCUT2D eigenvalue weighted by atomic mass is 19.4. The number of halogens is 3. The molecule has 9 nitrogen and oxygen atoms in total. The number of hydrazine groups is 1. The van der Waals surface area contributed by atoms with Gasteiger partial charge in [-0.25, -0.2) is 15.0 Å².